The Morgan fingerprint density at radius 3 is 2.43 bits per heavy atom. The van der Waals surface area contributed by atoms with Gasteiger partial charge in [-0.3, -0.25) is 19.7 Å². The molecule has 0 saturated carbocycles. The molecule has 3 rings (SSSR count). The second-order valence-corrected chi connectivity index (χ2v) is 7.79. The number of nitrogens with zero attached hydrogens (tertiary/aromatic N) is 3. The molecule has 1 aliphatic rings. The SMILES string of the molecule is CCN(CC)CCN1C(=O)C(O)=C(C(=O)c2cccs2)[C@@H]1c1ccc([N+](=O)[O-])cc1. The molecule has 0 bridgehead atoms. The maximum absolute atomic E-state index is 13.1. The predicted octanol–water partition coefficient (Wildman–Crippen LogP) is 3.58. The van der Waals surface area contributed by atoms with Crippen LogP contribution >= 0.6 is 11.3 Å². The quantitative estimate of drug-likeness (QED) is 0.371. The van der Waals surface area contributed by atoms with Gasteiger partial charge in [0.15, 0.2) is 5.76 Å². The van der Waals surface area contributed by atoms with Crippen molar-refractivity contribution < 1.29 is 19.6 Å². The number of nitro groups is 1. The average Bonchev–Trinajstić information content (AvgIpc) is 3.37. The lowest BCUT2D eigenvalue weighted by Crippen LogP contribution is -2.38. The first-order chi connectivity index (χ1) is 14.4. The molecule has 1 amide bonds. The third-order valence-electron chi connectivity index (χ3n) is 5.26. The van der Waals surface area contributed by atoms with E-state index in [1.807, 2.05) is 13.8 Å². The first-order valence-electron chi connectivity index (χ1n) is 9.68. The number of nitro benzene ring substituents is 1. The number of Topliss-reactive ketones (excluding diaryl/α,β-unsaturated/α-hetero) is 1. The minimum absolute atomic E-state index is 0.0100. The van der Waals surface area contributed by atoms with E-state index in [1.165, 1.54) is 40.5 Å². The monoisotopic (exact) mass is 429 g/mol. The summed E-state index contributed by atoms with van der Waals surface area (Å²) in [7, 11) is 0. The summed E-state index contributed by atoms with van der Waals surface area (Å²) in [6.07, 6.45) is 0. The zero-order valence-corrected chi connectivity index (χ0v) is 17.6. The average molecular weight is 429 g/mol. The minimum Gasteiger partial charge on any atom is -0.503 e. The number of aliphatic hydroxyl groups is 1. The van der Waals surface area contributed by atoms with Crippen molar-refractivity contribution in [3.05, 3.63) is 73.7 Å². The van der Waals surface area contributed by atoms with Gasteiger partial charge in [-0.15, -0.1) is 11.3 Å². The molecule has 1 aromatic heterocycles. The number of aliphatic hydroxyl groups excluding tert-OH is 1. The molecule has 2 heterocycles. The van der Waals surface area contributed by atoms with E-state index >= 15 is 0 Å². The van der Waals surface area contributed by atoms with Gasteiger partial charge >= 0.3 is 0 Å². The number of likely N-dealkylation sites (N-methyl/N-ethyl adjacent to an activating group) is 1. The highest BCUT2D eigenvalue weighted by atomic mass is 32.1. The number of non-ortho nitro benzene ring substituents is 1. The van der Waals surface area contributed by atoms with Gasteiger partial charge in [0.2, 0.25) is 5.78 Å². The van der Waals surface area contributed by atoms with E-state index in [4.69, 9.17) is 0 Å². The molecule has 1 aromatic carbocycles. The number of rotatable bonds is 9. The zero-order valence-electron chi connectivity index (χ0n) is 16.8. The third-order valence-corrected chi connectivity index (χ3v) is 6.13. The van der Waals surface area contributed by atoms with Crippen LogP contribution in [0.25, 0.3) is 0 Å². The van der Waals surface area contributed by atoms with Crippen molar-refractivity contribution in [2.24, 2.45) is 0 Å². The van der Waals surface area contributed by atoms with E-state index < -0.39 is 28.4 Å². The Morgan fingerprint density at radius 2 is 1.90 bits per heavy atom. The van der Waals surface area contributed by atoms with E-state index in [-0.39, 0.29) is 11.3 Å². The highest BCUT2D eigenvalue weighted by Crippen LogP contribution is 2.39. The number of thiophene rings is 1. The van der Waals surface area contributed by atoms with Gasteiger partial charge in [0.1, 0.15) is 0 Å². The zero-order chi connectivity index (χ0) is 21.8. The fourth-order valence-electron chi connectivity index (χ4n) is 3.57. The molecule has 0 saturated heterocycles. The highest BCUT2D eigenvalue weighted by Gasteiger charge is 2.43. The van der Waals surface area contributed by atoms with Crippen LogP contribution in [-0.2, 0) is 4.79 Å². The van der Waals surface area contributed by atoms with Crippen LogP contribution in [0.4, 0.5) is 5.69 Å². The molecule has 8 nitrogen and oxygen atoms in total. The molecule has 0 fully saturated rings. The van der Waals surface area contributed by atoms with Gasteiger partial charge < -0.3 is 14.9 Å². The van der Waals surface area contributed by atoms with Crippen LogP contribution in [0.15, 0.2) is 53.1 Å². The normalized spacial score (nSPS) is 16.6. The second kappa shape index (κ2) is 9.19. The maximum atomic E-state index is 13.1. The molecule has 1 N–H and O–H groups in total. The number of carbonyl (C=O) groups excluding carboxylic acids is 2. The van der Waals surface area contributed by atoms with Gasteiger partial charge in [0.05, 0.1) is 21.4 Å². The summed E-state index contributed by atoms with van der Waals surface area (Å²) in [6, 6.07) is 8.30. The minimum atomic E-state index is -0.802. The molecule has 9 heteroatoms. The molecule has 30 heavy (non-hydrogen) atoms. The predicted molar refractivity (Wildman–Crippen MR) is 114 cm³/mol. The number of amides is 1. The summed E-state index contributed by atoms with van der Waals surface area (Å²) in [6.45, 7) is 6.54. The Kier molecular flexibility index (Phi) is 6.63. The first-order valence-corrected chi connectivity index (χ1v) is 10.6. The molecule has 0 spiro atoms. The van der Waals surface area contributed by atoms with Crippen LogP contribution in [0, 0.1) is 10.1 Å². The Hall–Kier alpha value is -3.04. The Labute approximate surface area is 178 Å². The fraction of sp³-hybridized carbons (Fsp3) is 0.333. The summed E-state index contributed by atoms with van der Waals surface area (Å²) < 4.78 is 0. The number of benzene rings is 1. The Bertz CT molecular complexity index is 965. The second-order valence-electron chi connectivity index (χ2n) is 6.85. The molecule has 158 valence electrons. The van der Waals surface area contributed by atoms with Crippen molar-refractivity contribution in [2.45, 2.75) is 19.9 Å². The van der Waals surface area contributed by atoms with Gasteiger partial charge in [-0.25, -0.2) is 0 Å². The van der Waals surface area contributed by atoms with E-state index in [0.717, 1.165) is 13.1 Å². The van der Waals surface area contributed by atoms with Crippen LogP contribution in [0.1, 0.15) is 35.1 Å². The third kappa shape index (κ3) is 4.12. The number of hydrogen-bond donors (Lipinski definition) is 1. The topological polar surface area (TPSA) is 104 Å². The largest absolute Gasteiger partial charge is 0.503 e. The van der Waals surface area contributed by atoms with Gasteiger partial charge in [-0.2, -0.15) is 0 Å². The van der Waals surface area contributed by atoms with Crippen molar-refractivity contribution in [2.75, 3.05) is 26.2 Å². The smallest absolute Gasteiger partial charge is 0.290 e. The van der Waals surface area contributed by atoms with Crippen molar-refractivity contribution in [1.82, 2.24) is 9.80 Å². The van der Waals surface area contributed by atoms with E-state index in [9.17, 15) is 24.8 Å². The summed E-state index contributed by atoms with van der Waals surface area (Å²) in [5.74, 6) is -1.58. The lowest BCUT2D eigenvalue weighted by molar-refractivity contribution is -0.384. The van der Waals surface area contributed by atoms with Crippen molar-refractivity contribution in [1.29, 1.82) is 0 Å². The van der Waals surface area contributed by atoms with Crippen molar-refractivity contribution in [3.63, 3.8) is 0 Å². The molecular formula is C21H23N3O5S. The summed E-state index contributed by atoms with van der Waals surface area (Å²) in [5.41, 5.74) is 0.463. The highest BCUT2D eigenvalue weighted by molar-refractivity contribution is 7.12. The van der Waals surface area contributed by atoms with Gasteiger partial charge in [0.25, 0.3) is 11.6 Å². The molecule has 1 atom stereocenters. The molecule has 1 aliphatic heterocycles. The van der Waals surface area contributed by atoms with Crippen LogP contribution in [0.3, 0.4) is 0 Å². The molecule has 0 aliphatic carbocycles. The number of hydrogen-bond acceptors (Lipinski definition) is 7. The first kappa shape index (κ1) is 21.7. The lowest BCUT2D eigenvalue weighted by atomic mass is 9.95. The maximum Gasteiger partial charge on any atom is 0.290 e. The van der Waals surface area contributed by atoms with E-state index in [0.29, 0.717) is 23.5 Å². The lowest BCUT2D eigenvalue weighted by Gasteiger charge is -2.29. The standard InChI is InChI=1S/C21H23N3O5S/c1-3-22(4-2)11-12-23-18(14-7-9-15(10-8-14)24(28)29)17(20(26)21(23)27)19(25)16-6-5-13-30-16/h5-10,13,18,26H,3-4,11-12H2,1-2H3/t18-/m0/s1. The van der Waals surface area contributed by atoms with Crippen LogP contribution in [0.5, 0.6) is 0 Å². The number of carbonyl (C=O) groups is 2. The van der Waals surface area contributed by atoms with Crippen LogP contribution in [-0.4, -0.2) is 57.7 Å². The van der Waals surface area contributed by atoms with Crippen molar-refractivity contribution in [3.8, 4) is 0 Å². The molecular weight excluding hydrogens is 406 g/mol. The van der Waals surface area contributed by atoms with Gasteiger partial charge in [-0.05, 0) is 42.2 Å². The Morgan fingerprint density at radius 1 is 1.23 bits per heavy atom. The summed E-state index contributed by atoms with van der Waals surface area (Å²) in [4.78, 5) is 40.5. The molecule has 2 aromatic rings. The molecule has 0 radical (unpaired) electrons. The number of ketones is 1. The fourth-order valence-corrected chi connectivity index (χ4v) is 4.25. The van der Waals surface area contributed by atoms with Gasteiger partial charge in [0, 0.05) is 25.2 Å². The van der Waals surface area contributed by atoms with Crippen molar-refractivity contribution >= 4 is 28.7 Å². The molecule has 0 unspecified atom stereocenters. The van der Waals surface area contributed by atoms with Crippen LogP contribution < -0.4 is 0 Å². The van der Waals surface area contributed by atoms with Gasteiger partial charge in [-0.1, -0.05) is 19.9 Å². The Balaban J connectivity index is 2.01. The van der Waals surface area contributed by atoms with E-state index in [1.54, 1.807) is 17.5 Å². The summed E-state index contributed by atoms with van der Waals surface area (Å²) >= 11 is 1.23. The van der Waals surface area contributed by atoms with Crippen LogP contribution in [0.2, 0.25) is 0 Å². The van der Waals surface area contributed by atoms with E-state index in [2.05, 4.69) is 4.90 Å². The summed E-state index contributed by atoms with van der Waals surface area (Å²) in [5, 5.41) is 23.4.